The third-order valence-corrected chi connectivity index (χ3v) is 2.06. The van der Waals surface area contributed by atoms with Gasteiger partial charge in [0, 0.05) is 5.22 Å². The first kappa shape index (κ1) is 8.26. The highest BCUT2D eigenvalue weighted by molar-refractivity contribution is 5.34. The number of hydrogen-bond donors (Lipinski definition) is 1. The van der Waals surface area contributed by atoms with Gasteiger partial charge in [-0.05, 0) is 24.3 Å². The van der Waals surface area contributed by atoms with Gasteiger partial charge in [-0.2, -0.15) is 0 Å². The summed E-state index contributed by atoms with van der Waals surface area (Å²) in [7, 11) is 1.62. The lowest BCUT2D eigenvalue weighted by Gasteiger charge is -2.07. The molecule has 0 radical (unpaired) electrons. The van der Waals surface area contributed by atoms with Gasteiger partial charge < -0.3 is 9.84 Å². The Morgan fingerprint density at radius 1 is 1.54 bits per heavy atom. The summed E-state index contributed by atoms with van der Waals surface area (Å²) in [6, 6.07) is 5.64. The SMILES string of the molecule is COc1ccc2c(c1)=CC(O)CN=2. The molecule has 1 heterocycles. The van der Waals surface area contributed by atoms with Gasteiger partial charge in [0.2, 0.25) is 0 Å². The zero-order valence-corrected chi connectivity index (χ0v) is 7.40. The molecule has 0 fully saturated rings. The van der Waals surface area contributed by atoms with E-state index in [9.17, 15) is 5.11 Å². The van der Waals surface area contributed by atoms with E-state index < -0.39 is 6.10 Å². The fourth-order valence-electron chi connectivity index (χ4n) is 1.39. The molecule has 1 aromatic carbocycles. The van der Waals surface area contributed by atoms with Crippen molar-refractivity contribution in [2.75, 3.05) is 13.7 Å². The Morgan fingerprint density at radius 2 is 2.38 bits per heavy atom. The molecular formula is C10H11NO2. The number of aliphatic hydroxyl groups is 1. The third-order valence-electron chi connectivity index (χ3n) is 2.06. The standard InChI is InChI=1S/C10H11NO2/c1-13-9-2-3-10-7(5-9)4-8(12)6-11-10/h2-5,8,12H,6H2,1H3. The number of nitrogens with zero attached hydrogens (tertiary/aromatic N) is 1. The summed E-state index contributed by atoms with van der Waals surface area (Å²) in [6.45, 7) is 0.458. The van der Waals surface area contributed by atoms with E-state index in [1.165, 1.54) is 0 Å². The van der Waals surface area contributed by atoms with E-state index in [1.807, 2.05) is 18.2 Å². The van der Waals surface area contributed by atoms with E-state index >= 15 is 0 Å². The minimum Gasteiger partial charge on any atom is -0.497 e. The van der Waals surface area contributed by atoms with Gasteiger partial charge >= 0.3 is 0 Å². The summed E-state index contributed by atoms with van der Waals surface area (Å²) in [5.41, 5.74) is 0. The van der Waals surface area contributed by atoms with E-state index in [0.29, 0.717) is 6.54 Å². The zero-order chi connectivity index (χ0) is 9.26. The van der Waals surface area contributed by atoms with Gasteiger partial charge in [0.05, 0.1) is 25.1 Å². The van der Waals surface area contributed by atoms with Crippen LogP contribution in [0.5, 0.6) is 5.75 Å². The van der Waals surface area contributed by atoms with Crippen LogP contribution >= 0.6 is 0 Å². The van der Waals surface area contributed by atoms with Crippen LogP contribution in [0.1, 0.15) is 0 Å². The Balaban J connectivity index is 2.62. The van der Waals surface area contributed by atoms with Gasteiger partial charge in [-0.15, -0.1) is 0 Å². The Labute approximate surface area is 76.0 Å². The van der Waals surface area contributed by atoms with Gasteiger partial charge in [-0.3, -0.25) is 4.99 Å². The number of ether oxygens (including phenoxy) is 1. The Hall–Kier alpha value is -1.35. The highest BCUT2D eigenvalue weighted by Crippen LogP contribution is 2.02. The predicted molar refractivity (Wildman–Crippen MR) is 49.1 cm³/mol. The minimum absolute atomic E-state index is 0.458. The molecule has 1 unspecified atom stereocenters. The summed E-state index contributed by atoms with van der Waals surface area (Å²) in [6.07, 6.45) is 1.34. The molecule has 2 rings (SSSR count). The molecule has 68 valence electrons. The van der Waals surface area contributed by atoms with Crippen LogP contribution in [0, 0.1) is 0 Å². The van der Waals surface area contributed by atoms with Crippen LogP contribution in [-0.2, 0) is 0 Å². The maximum atomic E-state index is 9.33. The molecule has 0 bridgehead atoms. The van der Waals surface area contributed by atoms with Gasteiger partial charge in [0.15, 0.2) is 0 Å². The second kappa shape index (κ2) is 3.18. The number of benzene rings is 1. The molecule has 1 N–H and O–H groups in total. The van der Waals surface area contributed by atoms with Crippen molar-refractivity contribution in [2.45, 2.75) is 6.10 Å². The molecular weight excluding hydrogens is 166 g/mol. The molecule has 1 aliphatic rings. The van der Waals surface area contributed by atoms with Crippen molar-refractivity contribution in [2.24, 2.45) is 4.99 Å². The number of fused-ring (bicyclic) bond motifs is 1. The molecule has 0 saturated heterocycles. The van der Waals surface area contributed by atoms with Crippen molar-refractivity contribution in [3.8, 4) is 5.75 Å². The van der Waals surface area contributed by atoms with Crippen molar-refractivity contribution < 1.29 is 9.84 Å². The van der Waals surface area contributed by atoms with Crippen molar-refractivity contribution in [3.05, 3.63) is 28.8 Å². The largest absolute Gasteiger partial charge is 0.497 e. The van der Waals surface area contributed by atoms with E-state index in [1.54, 1.807) is 13.2 Å². The molecule has 13 heavy (non-hydrogen) atoms. The molecule has 0 spiro atoms. The van der Waals surface area contributed by atoms with Crippen molar-refractivity contribution in [1.29, 1.82) is 0 Å². The lowest BCUT2D eigenvalue weighted by Crippen LogP contribution is -2.32. The molecule has 1 aromatic rings. The number of hydrogen-bond acceptors (Lipinski definition) is 3. The monoisotopic (exact) mass is 177 g/mol. The Bertz CT molecular complexity index is 425. The van der Waals surface area contributed by atoms with Crippen LogP contribution in [0.15, 0.2) is 23.2 Å². The molecule has 0 aromatic heterocycles. The predicted octanol–water partition coefficient (Wildman–Crippen LogP) is -0.530. The van der Waals surface area contributed by atoms with Crippen LogP contribution in [0.2, 0.25) is 0 Å². The van der Waals surface area contributed by atoms with Gasteiger partial charge in [-0.1, -0.05) is 0 Å². The average Bonchev–Trinajstić information content (AvgIpc) is 2.16. The van der Waals surface area contributed by atoms with Gasteiger partial charge in [-0.25, -0.2) is 0 Å². The number of rotatable bonds is 1. The lowest BCUT2D eigenvalue weighted by molar-refractivity contribution is 0.243. The maximum absolute atomic E-state index is 9.33. The summed E-state index contributed by atoms with van der Waals surface area (Å²) in [5.74, 6) is 0.791. The molecule has 3 heteroatoms. The topological polar surface area (TPSA) is 41.8 Å². The molecule has 0 saturated carbocycles. The zero-order valence-electron chi connectivity index (χ0n) is 7.40. The third kappa shape index (κ3) is 1.55. The Kier molecular flexibility index (Phi) is 2.02. The molecule has 1 aliphatic heterocycles. The summed E-state index contributed by atoms with van der Waals surface area (Å²) >= 11 is 0. The molecule has 1 atom stereocenters. The summed E-state index contributed by atoms with van der Waals surface area (Å²) in [4.78, 5) is 4.21. The molecule has 0 aliphatic carbocycles. The van der Waals surface area contributed by atoms with Crippen LogP contribution < -0.4 is 15.3 Å². The second-order valence-electron chi connectivity index (χ2n) is 3.00. The lowest BCUT2D eigenvalue weighted by atomic mass is 10.2. The fraction of sp³-hybridized carbons (Fsp3) is 0.300. The number of aliphatic hydroxyl groups excluding tert-OH is 1. The Morgan fingerprint density at radius 3 is 3.15 bits per heavy atom. The second-order valence-corrected chi connectivity index (χ2v) is 3.00. The van der Waals surface area contributed by atoms with Gasteiger partial charge in [0.1, 0.15) is 5.75 Å². The van der Waals surface area contributed by atoms with E-state index in [2.05, 4.69) is 4.99 Å². The van der Waals surface area contributed by atoms with Crippen LogP contribution in [0.3, 0.4) is 0 Å². The fourth-order valence-corrected chi connectivity index (χ4v) is 1.39. The normalized spacial score (nSPS) is 19.7. The van der Waals surface area contributed by atoms with Crippen molar-refractivity contribution in [1.82, 2.24) is 0 Å². The quantitative estimate of drug-likeness (QED) is 0.626. The van der Waals surface area contributed by atoms with Crippen LogP contribution in [0.4, 0.5) is 0 Å². The van der Waals surface area contributed by atoms with Crippen LogP contribution in [-0.4, -0.2) is 24.9 Å². The highest BCUT2D eigenvalue weighted by Gasteiger charge is 2.03. The van der Waals surface area contributed by atoms with E-state index in [-0.39, 0.29) is 0 Å². The smallest absolute Gasteiger partial charge is 0.119 e. The first-order valence-electron chi connectivity index (χ1n) is 4.18. The highest BCUT2D eigenvalue weighted by atomic mass is 16.5. The van der Waals surface area contributed by atoms with Crippen LogP contribution in [0.25, 0.3) is 6.08 Å². The minimum atomic E-state index is -0.459. The maximum Gasteiger partial charge on any atom is 0.119 e. The number of methoxy groups -OCH3 is 1. The van der Waals surface area contributed by atoms with E-state index in [4.69, 9.17) is 4.74 Å². The molecule has 0 amide bonds. The first-order chi connectivity index (χ1) is 6.29. The summed E-state index contributed by atoms with van der Waals surface area (Å²) < 4.78 is 5.07. The molecule has 3 nitrogen and oxygen atoms in total. The average molecular weight is 177 g/mol. The van der Waals surface area contributed by atoms with Gasteiger partial charge in [0.25, 0.3) is 0 Å². The van der Waals surface area contributed by atoms with Crippen molar-refractivity contribution >= 4 is 6.08 Å². The van der Waals surface area contributed by atoms with Crippen molar-refractivity contribution in [3.63, 3.8) is 0 Å². The summed E-state index contributed by atoms with van der Waals surface area (Å²) in [5, 5.41) is 11.2. The van der Waals surface area contributed by atoms with E-state index in [0.717, 1.165) is 16.3 Å². The first-order valence-corrected chi connectivity index (χ1v) is 4.18.